The van der Waals surface area contributed by atoms with Crippen molar-refractivity contribution >= 4 is 22.1 Å². The second-order valence-electron chi connectivity index (χ2n) is 6.22. The highest BCUT2D eigenvalue weighted by Crippen LogP contribution is 2.31. The molecule has 5 aromatic rings. The third-order valence-electron chi connectivity index (χ3n) is 4.71. The molecular weight excluding hydrogens is 296 g/mol. The summed E-state index contributed by atoms with van der Waals surface area (Å²) < 4.78 is 0. The minimum Gasteiger partial charge on any atom is -0.338 e. The Morgan fingerprint density at radius 2 is 1.08 bits per heavy atom. The van der Waals surface area contributed by atoms with Gasteiger partial charge in [0, 0.05) is 11.1 Å². The van der Waals surface area contributed by atoms with Gasteiger partial charge in [0.25, 0.3) is 0 Å². The van der Waals surface area contributed by atoms with Crippen LogP contribution in [0.2, 0.25) is 0 Å². The quantitative estimate of drug-likeness (QED) is 0.425. The summed E-state index contributed by atoms with van der Waals surface area (Å²) in [5.74, 6) is 1.77. The Morgan fingerprint density at radius 3 is 1.62 bits per heavy atom. The summed E-state index contributed by atoms with van der Waals surface area (Å²) in [6, 6.07) is 21.0. The first kappa shape index (κ1) is 12.1. The normalized spacial score (nSPS) is 12.2. The molecule has 3 aromatic carbocycles. The minimum absolute atomic E-state index is 0.883. The maximum absolute atomic E-state index is 4.74. The van der Waals surface area contributed by atoms with Crippen molar-refractivity contribution in [3.63, 3.8) is 0 Å². The molecule has 0 fully saturated rings. The van der Waals surface area contributed by atoms with E-state index in [9.17, 15) is 0 Å². The molecule has 24 heavy (non-hydrogen) atoms. The van der Waals surface area contributed by atoms with Crippen molar-refractivity contribution < 1.29 is 0 Å². The summed E-state index contributed by atoms with van der Waals surface area (Å²) in [4.78, 5) is 16.4. The van der Waals surface area contributed by atoms with E-state index in [1.165, 1.54) is 11.1 Å². The maximum atomic E-state index is 4.74. The lowest BCUT2D eigenvalue weighted by Gasteiger charge is -2.01. The number of fused-ring (bicyclic) bond motifs is 9. The maximum Gasteiger partial charge on any atom is 0.138 e. The zero-order chi connectivity index (χ0) is 15.7. The molecule has 1 aliphatic rings. The van der Waals surface area contributed by atoms with Gasteiger partial charge in [-0.15, -0.1) is 0 Å². The van der Waals surface area contributed by atoms with Crippen LogP contribution in [-0.2, 0) is 0 Å². The Morgan fingerprint density at radius 1 is 0.542 bits per heavy atom. The van der Waals surface area contributed by atoms with Gasteiger partial charge >= 0.3 is 0 Å². The molecule has 1 aliphatic heterocycles. The number of aromatic nitrogens is 4. The fourth-order valence-electron chi connectivity index (χ4n) is 3.47. The predicted molar refractivity (Wildman–Crippen MR) is 95.6 cm³/mol. The van der Waals surface area contributed by atoms with E-state index in [-0.39, 0.29) is 0 Å². The van der Waals surface area contributed by atoms with Crippen molar-refractivity contribution in [2.24, 2.45) is 0 Å². The lowest BCUT2D eigenvalue weighted by Crippen LogP contribution is -1.84. The zero-order valence-electron chi connectivity index (χ0n) is 12.7. The van der Waals surface area contributed by atoms with Crippen LogP contribution in [0.15, 0.2) is 60.7 Å². The Labute approximate surface area is 137 Å². The molecule has 0 atom stereocenters. The van der Waals surface area contributed by atoms with Crippen LogP contribution in [0.3, 0.4) is 0 Å². The molecule has 3 heterocycles. The van der Waals surface area contributed by atoms with E-state index >= 15 is 0 Å². The highest BCUT2D eigenvalue weighted by Gasteiger charge is 2.12. The van der Waals surface area contributed by atoms with Crippen LogP contribution in [0.5, 0.6) is 0 Å². The molecule has 2 aromatic heterocycles. The second kappa shape index (κ2) is 4.11. The molecule has 4 heteroatoms. The highest BCUT2D eigenvalue weighted by atomic mass is 14.9. The number of hydrogen-bond acceptors (Lipinski definition) is 2. The first-order chi connectivity index (χ1) is 11.8. The van der Waals surface area contributed by atoms with Crippen LogP contribution in [0.1, 0.15) is 0 Å². The van der Waals surface area contributed by atoms with Crippen LogP contribution in [0.25, 0.3) is 56.0 Å². The van der Waals surface area contributed by atoms with E-state index in [0.29, 0.717) is 0 Å². The monoisotopic (exact) mass is 308 g/mol. The van der Waals surface area contributed by atoms with Gasteiger partial charge in [0.1, 0.15) is 11.6 Å². The van der Waals surface area contributed by atoms with E-state index in [0.717, 1.165) is 44.8 Å². The molecule has 112 valence electrons. The first-order valence-corrected chi connectivity index (χ1v) is 7.94. The summed E-state index contributed by atoms with van der Waals surface area (Å²) in [7, 11) is 0. The van der Waals surface area contributed by atoms with Crippen molar-refractivity contribution in [3.05, 3.63) is 60.7 Å². The molecule has 0 saturated carbocycles. The third-order valence-corrected chi connectivity index (χ3v) is 4.71. The lowest BCUT2D eigenvalue weighted by atomic mass is 10.0. The number of imidazole rings is 2. The second-order valence-corrected chi connectivity index (χ2v) is 6.22. The number of rotatable bonds is 0. The molecule has 0 saturated heterocycles. The summed E-state index contributed by atoms with van der Waals surface area (Å²) >= 11 is 0. The van der Waals surface area contributed by atoms with Crippen LogP contribution >= 0.6 is 0 Å². The molecule has 0 amide bonds. The van der Waals surface area contributed by atoms with Gasteiger partial charge in [0.2, 0.25) is 0 Å². The number of nitrogens with one attached hydrogen (secondary N) is 2. The van der Waals surface area contributed by atoms with Gasteiger partial charge in [-0.25, -0.2) is 9.97 Å². The fourth-order valence-corrected chi connectivity index (χ4v) is 3.47. The van der Waals surface area contributed by atoms with Gasteiger partial charge in [-0.3, -0.25) is 0 Å². The molecule has 0 unspecified atom stereocenters. The van der Waals surface area contributed by atoms with Crippen LogP contribution < -0.4 is 0 Å². The first-order valence-electron chi connectivity index (χ1n) is 7.94. The van der Waals surface area contributed by atoms with Gasteiger partial charge in [0.05, 0.1) is 22.1 Å². The average Bonchev–Trinajstić information content (AvgIpc) is 3.23. The molecule has 2 N–H and O–H groups in total. The van der Waals surface area contributed by atoms with E-state index in [1.54, 1.807) is 0 Å². The average molecular weight is 308 g/mol. The number of benzene rings is 3. The Bertz CT molecular complexity index is 1160. The Balaban J connectivity index is 1.82. The van der Waals surface area contributed by atoms with E-state index in [2.05, 4.69) is 64.6 Å². The molecule has 0 aliphatic carbocycles. The van der Waals surface area contributed by atoms with Gasteiger partial charge in [-0.2, -0.15) is 0 Å². The molecule has 8 bridgehead atoms. The molecule has 0 spiro atoms. The van der Waals surface area contributed by atoms with Crippen molar-refractivity contribution in [1.82, 2.24) is 19.9 Å². The molecule has 6 rings (SSSR count). The number of H-pyrrole nitrogens is 2. The van der Waals surface area contributed by atoms with Gasteiger partial charge in [-0.1, -0.05) is 30.3 Å². The van der Waals surface area contributed by atoms with Gasteiger partial charge < -0.3 is 9.97 Å². The zero-order valence-corrected chi connectivity index (χ0v) is 12.7. The summed E-state index contributed by atoms with van der Waals surface area (Å²) in [5, 5.41) is 0. The van der Waals surface area contributed by atoms with Crippen LogP contribution in [0.4, 0.5) is 0 Å². The largest absolute Gasteiger partial charge is 0.338 e. The number of nitrogens with zero attached hydrogens (tertiary/aromatic N) is 2. The van der Waals surface area contributed by atoms with Crippen LogP contribution in [-0.4, -0.2) is 19.9 Å². The SMILES string of the molecule is c1cc2cc(c1)-c1nc3ccc(cc3[nH]1)-c1ccc3nc-2[nH]c3c1. The van der Waals surface area contributed by atoms with E-state index in [4.69, 9.17) is 9.97 Å². The molecule has 4 nitrogen and oxygen atoms in total. The smallest absolute Gasteiger partial charge is 0.138 e. The van der Waals surface area contributed by atoms with Crippen molar-refractivity contribution in [2.45, 2.75) is 0 Å². The predicted octanol–water partition coefficient (Wildman–Crippen LogP) is 4.75. The van der Waals surface area contributed by atoms with E-state index in [1.807, 2.05) is 6.07 Å². The summed E-state index contributed by atoms with van der Waals surface area (Å²) in [6.45, 7) is 0. The van der Waals surface area contributed by atoms with E-state index < -0.39 is 0 Å². The van der Waals surface area contributed by atoms with Gasteiger partial charge in [-0.05, 0) is 41.5 Å². The number of hydrogen-bond donors (Lipinski definition) is 2. The molecule has 0 radical (unpaired) electrons. The minimum atomic E-state index is 0.883. The lowest BCUT2D eigenvalue weighted by molar-refractivity contribution is 1.31. The molecular formula is C20H12N4. The number of aromatic amines is 2. The van der Waals surface area contributed by atoms with Crippen LogP contribution in [0, 0.1) is 0 Å². The van der Waals surface area contributed by atoms with Crippen molar-refractivity contribution in [1.29, 1.82) is 0 Å². The Hall–Kier alpha value is -3.40. The summed E-state index contributed by atoms with van der Waals surface area (Å²) in [6.07, 6.45) is 0. The van der Waals surface area contributed by atoms with Gasteiger partial charge in [0.15, 0.2) is 0 Å². The summed E-state index contributed by atoms with van der Waals surface area (Å²) in [5.41, 5.74) is 8.52. The Kier molecular flexibility index (Phi) is 2.07. The van der Waals surface area contributed by atoms with Crippen molar-refractivity contribution in [2.75, 3.05) is 0 Å². The third kappa shape index (κ3) is 1.57. The topological polar surface area (TPSA) is 57.4 Å². The highest BCUT2D eigenvalue weighted by molar-refractivity contribution is 5.89. The standard InChI is InChI=1S/C20H12N4/c1-2-13-8-14(3-1)20-22-16-7-5-12(10-18(16)24-20)11-4-6-15-17(9-11)23-19(13)21-15/h1-10H,(H,21,23)(H,22,24). The fraction of sp³-hybridized carbons (Fsp3) is 0. The van der Waals surface area contributed by atoms with Crippen molar-refractivity contribution in [3.8, 4) is 33.9 Å².